The van der Waals surface area contributed by atoms with E-state index in [1.54, 1.807) is 6.08 Å². The van der Waals surface area contributed by atoms with Crippen molar-refractivity contribution in [2.24, 2.45) is 0 Å². The van der Waals surface area contributed by atoms with Crippen LogP contribution >= 0.6 is 0 Å². The highest BCUT2D eigenvalue weighted by atomic mass is 16.5. The van der Waals surface area contributed by atoms with E-state index < -0.39 is 0 Å². The van der Waals surface area contributed by atoms with Crippen LogP contribution in [0.5, 0.6) is 0 Å². The Kier molecular flexibility index (Phi) is 4.78. The molecular weight excluding hydrogens is 188 g/mol. The maximum atomic E-state index is 11.1. The summed E-state index contributed by atoms with van der Waals surface area (Å²) >= 11 is 0. The van der Waals surface area contributed by atoms with E-state index in [0.29, 0.717) is 0 Å². The average Bonchev–Trinajstić information content (AvgIpc) is 2.21. The zero-order valence-electron chi connectivity index (χ0n) is 9.19. The lowest BCUT2D eigenvalue weighted by molar-refractivity contribution is -0.118. The Labute approximate surface area is 90.6 Å². The maximum Gasteiger partial charge on any atom is 0.180 e. The number of rotatable bonds is 5. The molecule has 0 fully saturated rings. The molecule has 0 heterocycles. The Bertz CT molecular complexity index is 336. The molecule has 0 aliphatic carbocycles. The first-order chi connectivity index (χ1) is 7.22. The molecule has 0 aliphatic heterocycles. The third-order valence-electron chi connectivity index (χ3n) is 2.06. The molecule has 1 rings (SSSR count). The van der Waals surface area contributed by atoms with Crippen LogP contribution < -0.4 is 0 Å². The molecule has 2 nitrogen and oxygen atoms in total. The predicted octanol–water partition coefficient (Wildman–Crippen LogP) is 2.31. The Hall–Kier alpha value is -1.41. The summed E-state index contributed by atoms with van der Waals surface area (Å²) in [6.07, 6.45) is 4.23. The number of aryl methyl sites for hydroxylation is 1. The number of benzene rings is 1. The zero-order valence-corrected chi connectivity index (χ0v) is 9.19. The second-order valence-electron chi connectivity index (χ2n) is 3.49. The molecular formula is C13H16O2. The number of hydrogen-bond acceptors (Lipinski definition) is 2. The number of ether oxygens (including phenoxy) is 1. The molecule has 0 unspecified atom stereocenters. The van der Waals surface area contributed by atoms with Crippen molar-refractivity contribution in [1.29, 1.82) is 0 Å². The van der Waals surface area contributed by atoms with Gasteiger partial charge in [0.1, 0.15) is 6.61 Å². The maximum absolute atomic E-state index is 11.1. The van der Waals surface area contributed by atoms with Crippen LogP contribution in [0.2, 0.25) is 0 Å². The fourth-order valence-electron chi connectivity index (χ4n) is 1.24. The fourth-order valence-corrected chi connectivity index (χ4v) is 1.24. The van der Waals surface area contributed by atoms with Gasteiger partial charge in [0.25, 0.3) is 0 Å². The number of methoxy groups -OCH3 is 1. The molecule has 1 aromatic carbocycles. The lowest BCUT2D eigenvalue weighted by atomic mass is 10.1. The van der Waals surface area contributed by atoms with Crippen LogP contribution in [0, 0.1) is 6.92 Å². The topological polar surface area (TPSA) is 26.3 Å². The first-order valence-electron chi connectivity index (χ1n) is 4.96. The van der Waals surface area contributed by atoms with Crippen molar-refractivity contribution in [1.82, 2.24) is 0 Å². The van der Waals surface area contributed by atoms with Gasteiger partial charge in [-0.3, -0.25) is 4.79 Å². The van der Waals surface area contributed by atoms with Gasteiger partial charge in [0.15, 0.2) is 5.78 Å². The molecule has 1 aromatic rings. The number of allylic oxidation sites excluding steroid dienone is 1. The summed E-state index contributed by atoms with van der Waals surface area (Å²) in [7, 11) is 1.52. The van der Waals surface area contributed by atoms with Gasteiger partial charge in [-0.15, -0.1) is 0 Å². The van der Waals surface area contributed by atoms with Gasteiger partial charge in [-0.05, 0) is 25.0 Å². The van der Waals surface area contributed by atoms with Crippen LogP contribution in [0.4, 0.5) is 0 Å². The van der Waals surface area contributed by atoms with Crippen molar-refractivity contribution < 1.29 is 9.53 Å². The summed E-state index contributed by atoms with van der Waals surface area (Å²) in [5.41, 5.74) is 2.46. The largest absolute Gasteiger partial charge is 0.377 e. The van der Waals surface area contributed by atoms with Crippen molar-refractivity contribution >= 4 is 5.78 Å². The van der Waals surface area contributed by atoms with Gasteiger partial charge in [-0.2, -0.15) is 0 Å². The van der Waals surface area contributed by atoms with E-state index in [0.717, 1.165) is 6.42 Å². The minimum absolute atomic E-state index is 0.00427. The van der Waals surface area contributed by atoms with Gasteiger partial charge in [0.2, 0.25) is 0 Å². The highest BCUT2D eigenvalue weighted by Crippen LogP contribution is 2.04. The lowest BCUT2D eigenvalue weighted by Crippen LogP contribution is -2.01. The SMILES string of the molecule is COCC(=O)/C=C/Cc1ccc(C)cc1. The highest BCUT2D eigenvalue weighted by Gasteiger charge is 1.93. The molecule has 0 saturated carbocycles. The third kappa shape index (κ3) is 4.56. The Balaban J connectivity index is 2.43. The van der Waals surface area contributed by atoms with E-state index in [1.807, 2.05) is 6.08 Å². The van der Waals surface area contributed by atoms with E-state index in [1.165, 1.54) is 18.2 Å². The van der Waals surface area contributed by atoms with Crippen LogP contribution in [0.3, 0.4) is 0 Å². The number of carbonyl (C=O) groups excluding carboxylic acids is 1. The molecule has 0 spiro atoms. The predicted molar refractivity (Wildman–Crippen MR) is 60.9 cm³/mol. The van der Waals surface area contributed by atoms with Gasteiger partial charge in [0, 0.05) is 7.11 Å². The zero-order chi connectivity index (χ0) is 11.1. The molecule has 0 atom stereocenters. The number of hydrogen-bond donors (Lipinski definition) is 0. The molecule has 0 aromatic heterocycles. The second kappa shape index (κ2) is 6.14. The molecule has 80 valence electrons. The Morgan fingerprint density at radius 1 is 1.33 bits per heavy atom. The summed E-state index contributed by atoms with van der Waals surface area (Å²) in [6.45, 7) is 2.21. The van der Waals surface area contributed by atoms with Crippen molar-refractivity contribution in [3.8, 4) is 0 Å². The van der Waals surface area contributed by atoms with Crippen LogP contribution in [-0.2, 0) is 16.0 Å². The monoisotopic (exact) mass is 204 g/mol. The molecule has 0 bridgehead atoms. The van der Waals surface area contributed by atoms with Gasteiger partial charge in [0.05, 0.1) is 0 Å². The van der Waals surface area contributed by atoms with Crippen LogP contribution in [-0.4, -0.2) is 19.5 Å². The van der Waals surface area contributed by atoms with Gasteiger partial charge in [-0.1, -0.05) is 35.9 Å². The van der Waals surface area contributed by atoms with Crippen molar-refractivity contribution in [2.45, 2.75) is 13.3 Å². The standard InChI is InChI=1S/C13H16O2/c1-11-6-8-12(9-7-11)4-3-5-13(14)10-15-2/h3,5-9H,4,10H2,1-2H3/b5-3+. The van der Waals surface area contributed by atoms with Crippen LogP contribution in [0.15, 0.2) is 36.4 Å². The summed E-state index contributed by atoms with van der Waals surface area (Å²) < 4.78 is 4.72. The highest BCUT2D eigenvalue weighted by molar-refractivity contribution is 5.90. The molecule has 0 aliphatic rings. The summed E-state index contributed by atoms with van der Waals surface area (Å²) in [4.78, 5) is 11.1. The Morgan fingerprint density at radius 2 is 2.00 bits per heavy atom. The van der Waals surface area contributed by atoms with Crippen molar-refractivity contribution in [3.63, 3.8) is 0 Å². The van der Waals surface area contributed by atoms with Gasteiger partial charge in [-0.25, -0.2) is 0 Å². The summed E-state index contributed by atoms with van der Waals surface area (Å²) in [5.74, 6) is 0.00427. The van der Waals surface area contributed by atoms with Crippen molar-refractivity contribution in [2.75, 3.05) is 13.7 Å². The van der Waals surface area contributed by atoms with E-state index in [4.69, 9.17) is 4.74 Å². The first kappa shape index (κ1) is 11.7. The molecule has 0 amide bonds. The number of carbonyl (C=O) groups is 1. The molecule has 15 heavy (non-hydrogen) atoms. The van der Waals surface area contributed by atoms with Gasteiger partial charge < -0.3 is 4.74 Å². The summed E-state index contributed by atoms with van der Waals surface area (Å²) in [6, 6.07) is 8.28. The van der Waals surface area contributed by atoms with E-state index >= 15 is 0 Å². The smallest absolute Gasteiger partial charge is 0.180 e. The average molecular weight is 204 g/mol. The van der Waals surface area contributed by atoms with Crippen LogP contribution in [0.25, 0.3) is 0 Å². The minimum atomic E-state index is 0.00427. The van der Waals surface area contributed by atoms with E-state index in [2.05, 4.69) is 31.2 Å². The third-order valence-corrected chi connectivity index (χ3v) is 2.06. The molecule has 0 radical (unpaired) electrons. The lowest BCUT2D eigenvalue weighted by Gasteiger charge is -1.97. The normalized spacial score (nSPS) is 10.8. The van der Waals surface area contributed by atoms with Crippen molar-refractivity contribution in [3.05, 3.63) is 47.5 Å². The molecule has 0 saturated heterocycles. The molecule has 0 N–H and O–H groups in total. The summed E-state index contributed by atoms with van der Waals surface area (Å²) in [5, 5.41) is 0. The molecule has 2 heteroatoms. The first-order valence-corrected chi connectivity index (χ1v) is 4.96. The van der Waals surface area contributed by atoms with E-state index in [9.17, 15) is 4.79 Å². The van der Waals surface area contributed by atoms with E-state index in [-0.39, 0.29) is 12.4 Å². The second-order valence-corrected chi connectivity index (χ2v) is 3.49. The Morgan fingerprint density at radius 3 is 2.60 bits per heavy atom. The quantitative estimate of drug-likeness (QED) is 0.688. The fraction of sp³-hybridized carbons (Fsp3) is 0.308. The van der Waals surface area contributed by atoms with Crippen LogP contribution in [0.1, 0.15) is 11.1 Å². The number of ketones is 1. The minimum Gasteiger partial charge on any atom is -0.377 e. The van der Waals surface area contributed by atoms with Gasteiger partial charge >= 0.3 is 0 Å².